The van der Waals surface area contributed by atoms with Crippen molar-refractivity contribution in [2.75, 3.05) is 39.7 Å². The number of amides is 1. The second-order valence-electron chi connectivity index (χ2n) is 6.04. The lowest BCUT2D eigenvalue weighted by molar-refractivity contribution is -0.117. The summed E-state index contributed by atoms with van der Waals surface area (Å²) in [5.74, 6) is 1.43. The van der Waals surface area contributed by atoms with E-state index in [0.717, 1.165) is 41.3 Å². The smallest absolute Gasteiger partial charge is 0.238 e. The molecule has 0 aliphatic heterocycles. The summed E-state index contributed by atoms with van der Waals surface area (Å²) in [6.07, 6.45) is 0.828. The summed E-state index contributed by atoms with van der Waals surface area (Å²) in [5, 5.41) is 2.96. The summed E-state index contributed by atoms with van der Waals surface area (Å²) in [6.45, 7) is 3.11. The molecule has 0 saturated heterocycles. The molecule has 2 aromatic carbocycles. The number of para-hydroxylation sites is 1. The Kier molecular flexibility index (Phi) is 6.83. The van der Waals surface area contributed by atoms with Crippen molar-refractivity contribution in [3.63, 3.8) is 0 Å². The first-order chi connectivity index (χ1) is 12.0. The Labute approximate surface area is 149 Å². The number of nitrogens with zero attached hydrogens (tertiary/aromatic N) is 1. The van der Waals surface area contributed by atoms with Crippen LogP contribution in [-0.2, 0) is 11.2 Å². The number of nitrogens with one attached hydrogen (secondary N) is 1. The van der Waals surface area contributed by atoms with E-state index in [1.807, 2.05) is 61.3 Å². The zero-order chi connectivity index (χ0) is 18.2. The van der Waals surface area contributed by atoms with E-state index in [9.17, 15) is 4.79 Å². The van der Waals surface area contributed by atoms with Crippen LogP contribution < -0.4 is 14.8 Å². The third kappa shape index (κ3) is 5.50. The molecule has 5 nitrogen and oxygen atoms in total. The minimum Gasteiger partial charge on any atom is -0.493 e. The van der Waals surface area contributed by atoms with Crippen LogP contribution in [0.15, 0.2) is 42.5 Å². The van der Waals surface area contributed by atoms with Crippen LogP contribution in [0.3, 0.4) is 0 Å². The molecule has 5 heteroatoms. The third-order valence-corrected chi connectivity index (χ3v) is 4.06. The molecule has 134 valence electrons. The van der Waals surface area contributed by atoms with E-state index in [-0.39, 0.29) is 5.91 Å². The maximum Gasteiger partial charge on any atom is 0.238 e. The van der Waals surface area contributed by atoms with Crippen LogP contribution in [0.4, 0.5) is 5.69 Å². The van der Waals surface area contributed by atoms with Gasteiger partial charge in [-0.15, -0.1) is 0 Å². The van der Waals surface area contributed by atoms with E-state index in [4.69, 9.17) is 9.47 Å². The predicted molar refractivity (Wildman–Crippen MR) is 101 cm³/mol. The first-order valence-corrected chi connectivity index (χ1v) is 8.28. The van der Waals surface area contributed by atoms with Gasteiger partial charge in [0.05, 0.1) is 20.8 Å². The molecular weight excluding hydrogens is 316 g/mol. The number of anilines is 1. The van der Waals surface area contributed by atoms with Gasteiger partial charge < -0.3 is 14.8 Å². The van der Waals surface area contributed by atoms with Gasteiger partial charge in [-0.2, -0.15) is 0 Å². The number of likely N-dealkylation sites (N-methyl/N-ethyl adjacent to an activating group) is 1. The van der Waals surface area contributed by atoms with E-state index < -0.39 is 0 Å². The van der Waals surface area contributed by atoms with E-state index in [1.54, 1.807) is 14.2 Å². The number of aryl methyl sites for hydroxylation is 1. The second-order valence-corrected chi connectivity index (χ2v) is 6.04. The highest BCUT2D eigenvalue weighted by atomic mass is 16.5. The zero-order valence-corrected chi connectivity index (χ0v) is 15.3. The molecule has 0 radical (unpaired) electrons. The molecule has 0 aromatic heterocycles. The van der Waals surface area contributed by atoms with Gasteiger partial charge in [0.1, 0.15) is 0 Å². The van der Waals surface area contributed by atoms with Crippen molar-refractivity contribution in [2.24, 2.45) is 0 Å². The van der Waals surface area contributed by atoms with Gasteiger partial charge >= 0.3 is 0 Å². The van der Waals surface area contributed by atoms with Crippen molar-refractivity contribution in [1.29, 1.82) is 0 Å². The summed E-state index contributed by atoms with van der Waals surface area (Å²) in [4.78, 5) is 14.2. The van der Waals surface area contributed by atoms with Crippen LogP contribution in [0.2, 0.25) is 0 Å². The fourth-order valence-corrected chi connectivity index (χ4v) is 2.58. The van der Waals surface area contributed by atoms with E-state index in [1.165, 1.54) is 0 Å². The Morgan fingerprint density at radius 2 is 1.80 bits per heavy atom. The molecule has 25 heavy (non-hydrogen) atoms. The average molecular weight is 342 g/mol. The molecule has 0 unspecified atom stereocenters. The van der Waals surface area contributed by atoms with Crippen LogP contribution in [0.25, 0.3) is 0 Å². The van der Waals surface area contributed by atoms with Crippen LogP contribution in [0.1, 0.15) is 11.1 Å². The molecule has 0 bridgehead atoms. The maximum absolute atomic E-state index is 12.2. The normalized spacial score (nSPS) is 10.6. The fourth-order valence-electron chi connectivity index (χ4n) is 2.58. The highest BCUT2D eigenvalue weighted by Crippen LogP contribution is 2.27. The van der Waals surface area contributed by atoms with Crippen molar-refractivity contribution in [1.82, 2.24) is 4.90 Å². The lowest BCUT2D eigenvalue weighted by Gasteiger charge is -2.17. The summed E-state index contributed by atoms with van der Waals surface area (Å²) in [5.41, 5.74) is 3.06. The first kappa shape index (κ1) is 18.8. The summed E-state index contributed by atoms with van der Waals surface area (Å²) < 4.78 is 10.6. The Hall–Kier alpha value is -2.53. The van der Waals surface area contributed by atoms with Gasteiger partial charge in [0.15, 0.2) is 11.5 Å². The molecule has 0 spiro atoms. The molecule has 0 atom stereocenters. The quantitative estimate of drug-likeness (QED) is 0.801. The van der Waals surface area contributed by atoms with E-state index in [0.29, 0.717) is 6.54 Å². The Bertz CT molecular complexity index is 716. The number of hydrogen-bond donors (Lipinski definition) is 1. The van der Waals surface area contributed by atoms with Crippen LogP contribution >= 0.6 is 0 Å². The molecule has 0 saturated carbocycles. The van der Waals surface area contributed by atoms with Gasteiger partial charge in [-0.25, -0.2) is 0 Å². The van der Waals surface area contributed by atoms with Crippen LogP contribution in [0, 0.1) is 6.92 Å². The van der Waals surface area contributed by atoms with Gasteiger partial charge in [-0.1, -0.05) is 24.3 Å². The Morgan fingerprint density at radius 1 is 1.08 bits per heavy atom. The number of hydrogen-bond acceptors (Lipinski definition) is 4. The predicted octanol–water partition coefficient (Wildman–Crippen LogP) is 3.13. The SMILES string of the molecule is COc1ccc(CCN(C)CC(=O)Nc2ccccc2C)cc1OC. The Balaban J connectivity index is 1.85. The van der Waals surface area contributed by atoms with Crippen molar-refractivity contribution >= 4 is 11.6 Å². The molecule has 1 amide bonds. The van der Waals surface area contributed by atoms with Crippen LogP contribution in [-0.4, -0.2) is 45.2 Å². The second kappa shape index (κ2) is 9.08. The van der Waals surface area contributed by atoms with E-state index in [2.05, 4.69) is 5.32 Å². The monoisotopic (exact) mass is 342 g/mol. The molecule has 0 aliphatic carbocycles. The maximum atomic E-state index is 12.2. The Morgan fingerprint density at radius 3 is 2.48 bits per heavy atom. The van der Waals surface area contributed by atoms with Crippen molar-refractivity contribution < 1.29 is 14.3 Å². The molecule has 0 fully saturated rings. The number of rotatable bonds is 8. The fraction of sp³-hybridized carbons (Fsp3) is 0.350. The lowest BCUT2D eigenvalue weighted by Crippen LogP contribution is -2.31. The summed E-state index contributed by atoms with van der Waals surface area (Å²) >= 11 is 0. The zero-order valence-electron chi connectivity index (χ0n) is 15.3. The standard InChI is InChI=1S/C20H26N2O3/c1-15-7-5-6-8-17(15)21-20(23)14-22(2)12-11-16-9-10-18(24-3)19(13-16)25-4/h5-10,13H,11-12,14H2,1-4H3,(H,21,23). The van der Waals surface area contributed by atoms with Crippen molar-refractivity contribution in [3.8, 4) is 11.5 Å². The van der Waals surface area contributed by atoms with Gasteiger partial charge in [0.2, 0.25) is 5.91 Å². The lowest BCUT2D eigenvalue weighted by atomic mass is 10.1. The van der Waals surface area contributed by atoms with E-state index >= 15 is 0 Å². The van der Waals surface area contributed by atoms with Gasteiger partial charge in [0, 0.05) is 12.2 Å². The number of carbonyl (C=O) groups is 1. The minimum atomic E-state index is -0.0101. The largest absolute Gasteiger partial charge is 0.493 e. The third-order valence-electron chi connectivity index (χ3n) is 4.06. The number of methoxy groups -OCH3 is 2. The van der Waals surface area contributed by atoms with Gasteiger partial charge in [0.25, 0.3) is 0 Å². The van der Waals surface area contributed by atoms with Crippen LogP contribution in [0.5, 0.6) is 11.5 Å². The number of benzene rings is 2. The molecule has 0 aliphatic rings. The molecule has 2 aromatic rings. The number of ether oxygens (including phenoxy) is 2. The molecule has 1 N–H and O–H groups in total. The highest BCUT2D eigenvalue weighted by Gasteiger charge is 2.09. The molecule has 0 heterocycles. The van der Waals surface area contributed by atoms with Crippen molar-refractivity contribution in [3.05, 3.63) is 53.6 Å². The molecular formula is C20H26N2O3. The number of carbonyl (C=O) groups excluding carboxylic acids is 1. The highest BCUT2D eigenvalue weighted by molar-refractivity contribution is 5.92. The van der Waals surface area contributed by atoms with Gasteiger partial charge in [-0.05, 0) is 49.7 Å². The van der Waals surface area contributed by atoms with Crippen molar-refractivity contribution in [2.45, 2.75) is 13.3 Å². The minimum absolute atomic E-state index is 0.0101. The molecule has 2 rings (SSSR count). The average Bonchev–Trinajstić information content (AvgIpc) is 2.61. The topological polar surface area (TPSA) is 50.8 Å². The summed E-state index contributed by atoms with van der Waals surface area (Å²) in [6, 6.07) is 13.7. The summed E-state index contributed by atoms with van der Waals surface area (Å²) in [7, 11) is 5.19. The van der Waals surface area contributed by atoms with Gasteiger partial charge in [-0.3, -0.25) is 9.69 Å². The first-order valence-electron chi connectivity index (χ1n) is 8.28.